The summed E-state index contributed by atoms with van der Waals surface area (Å²) in [5.41, 5.74) is 0. The summed E-state index contributed by atoms with van der Waals surface area (Å²) < 4.78 is 0. The van der Waals surface area contributed by atoms with Crippen LogP contribution >= 0.6 is 11.3 Å². The summed E-state index contributed by atoms with van der Waals surface area (Å²) >= 11 is 1.65. The maximum absolute atomic E-state index is 5.02. The van der Waals surface area contributed by atoms with Crippen LogP contribution in [0.1, 0.15) is 4.88 Å². The Morgan fingerprint density at radius 3 is 3.12 bits per heavy atom. The van der Waals surface area contributed by atoms with E-state index in [1.165, 1.54) is 0 Å². The van der Waals surface area contributed by atoms with Crippen molar-refractivity contribution in [3.05, 3.63) is 28.8 Å². The van der Waals surface area contributed by atoms with Gasteiger partial charge in [0.15, 0.2) is 0 Å². The Morgan fingerprint density at radius 1 is 1.75 bits per heavy atom. The summed E-state index contributed by atoms with van der Waals surface area (Å²) in [4.78, 5) is 1.15. The van der Waals surface area contributed by atoms with Crippen LogP contribution in [-0.4, -0.2) is 0 Å². The fraction of sp³-hybridized carbons (Fsp3) is 0. The molecule has 0 spiro atoms. The Bertz CT molecular complexity index is 179. The molecule has 0 aliphatic rings. The van der Waals surface area contributed by atoms with Crippen molar-refractivity contribution in [3.8, 4) is 12.3 Å². The van der Waals surface area contributed by atoms with Crippen LogP contribution in [0.2, 0.25) is 0 Å². The summed E-state index contributed by atoms with van der Waals surface area (Å²) in [6, 6.07) is 3.97. The van der Waals surface area contributed by atoms with Crippen molar-refractivity contribution in [1.29, 1.82) is 0 Å². The summed E-state index contributed by atoms with van der Waals surface area (Å²) in [5.74, 6) is 2.46. The molecule has 0 N–H and O–H groups in total. The van der Waals surface area contributed by atoms with Crippen molar-refractivity contribution >= 4 is 11.3 Å². The minimum atomic E-state index is 1.15. The van der Waals surface area contributed by atoms with Gasteiger partial charge in [0.25, 0.3) is 0 Å². The van der Waals surface area contributed by atoms with Gasteiger partial charge >= 0.3 is 0 Å². The molecule has 8 heavy (non-hydrogen) atoms. The van der Waals surface area contributed by atoms with Crippen molar-refractivity contribution in [1.82, 2.24) is 0 Å². The summed E-state index contributed by atoms with van der Waals surface area (Å²) in [7, 11) is 0. The molecular weight excluding hydrogens is 116 g/mol. The topological polar surface area (TPSA) is 0 Å². The van der Waals surface area contributed by atoms with Crippen LogP contribution in [0, 0.1) is 18.8 Å². The molecule has 0 saturated carbocycles. The van der Waals surface area contributed by atoms with Gasteiger partial charge in [0.2, 0.25) is 0 Å². The molecule has 0 amide bonds. The van der Waals surface area contributed by atoms with E-state index < -0.39 is 0 Å². The molecule has 1 aromatic heterocycles. The molecule has 0 atom stereocenters. The zero-order chi connectivity index (χ0) is 5.82. The molecule has 0 aromatic carbocycles. The zero-order valence-electron chi connectivity index (χ0n) is 4.29. The molecule has 0 saturated heterocycles. The highest BCUT2D eigenvalue weighted by atomic mass is 32.1. The van der Waals surface area contributed by atoms with Gasteiger partial charge in [-0.3, -0.25) is 0 Å². The average Bonchev–Trinajstić information content (AvgIpc) is 2.19. The molecule has 0 bridgehead atoms. The molecule has 0 aliphatic heterocycles. The summed E-state index contributed by atoms with van der Waals surface area (Å²) in [6.07, 6.45) is 6.78. The highest BCUT2D eigenvalue weighted by Gasteiger charge is 1.86. The van der Waals surface area contributed by atoms with Crippen LogP contribution in [0.15, 0.2) is 17.5 Å². The third-order valence-electron chi connectivity index (χ3n) is 0.769. The fourth-order valence-electron chi connectivity index (χ4n) is 0.456. The predicted molar refractivity (Wildman–Crippen MR) is 36.6 cm³/mol. The fourth-order valence-corrected chi connectivity index (χ4v) is 1.06. The smallest absolute Gasteiger partial charge is 0.0729 e. The SMILES string of the molecule is C#C[CH]c1cccs1. The number of terminal acetylenes is 1. The van der Waals surface area contributed by atoms with E-state index in [4.69, 9.17) is 6.42 Å². The van der Waals surface area contributed by atoms with Crippen LogP contribution in [0.5, 0.6) is 0 Å². The van der Waals surface area contributed by atoms with Gasteiger partial charge in [-0.05, 0) is 11.4 Å². The van der Waals surface area contributed by atoms with E-state index in [2.05, 4.69) is 5.92 Å². The lowest BCUT2D eigenvalue weighted by atomic mass is 10.4. The lowest BCUT2D eigenvalue weighted by Crippen LogP contribution is -1.63. The van der Waals surface area contributed by atoms with Gasteiger partial charge in [0.1, 0.15) is 0 Å². The molecule has 0 nitrogen and oxygen atoms in total. The van der Waals surface area contributed by atoms with Crippen LogP contribution in [-0.2, 0) is 0 Å². The van der Waals surface area contributed by atoms with Gasteiger partial charge in [-0.15, -0.1) is 17.8 Å². The predicted octanol–water partition coefficient (Wildman–Crippen LogP) is 1.93. The Morgan fingerprint density at radius 2 is 2.62 bits per heavy atom. The first kappa shape index (κ1) is 5.40. The van der Waals surface area contributed by atoms with Gasteiger partial charge in [-0.1, -0.05) is 12.0 Å². The van der Waals surface area contributed by atoms with Gasteiger partial charge in [-0.2, -0.15) is 0 Å². The van der Waals surface area contributed by atoms with Gasteiger partial charge < -0.3 is 0 Å². The first-order chi connectivity index (χ1) is 3.93. The third kappa shape index (κ3) is 1.11. The van der Waals surface area contributed by atoms with Crippen molar-refractivity contribution in [2.24, 2.45) is 0 Å². The lowest BCUT2D eigenvalue weighted by Gasteiger charge is -1.77. The van der Waals surface area contributed by atoms with Crippen LogP contribution in [0.25, 0.3) is 0 Å². The maximum atomic E-state index is 5.02. The van der Waals surface area contributed by atoms with E-state index in [1.54, 1.807) is 17.8 Å². The monoisotopic (exact) mass is 121 g/mol. The number of hydrogen-bond acceptors (Lipinski definition) is 1. The largest absolute Gasteiger partial charge is 0.148 e. The van der Waals surface area contributed by atoms with Crippen molar-refractivity contribution in [2.45, 2.75) is 0 Å². The molecule has 0 aliphatic carbocycles. The molecule has 1 radical (unpaired) electrons. The van der Waals surface area contributed by atoms with Crippen molar-refractivity contribution < 1.29 is 0 Å². The van der Waals surface area contributed by atoms with Gasteiger partial charge in [0.05, 0.1) is 6.42 Å². The molecule has 1 aromatic rings. The third-order valence-corrected chi connectivity index (χ3v) is 1.59. The van der Waals surface area contributed by atoms with Crippen molar-refractivity contribution in [2.75, 3.05) is 0 Å². The van der Waals surface area contributed by atoms with Crippen LogP contribution in [0.4, 0.5) is 0 Å². The van der Waals surface area contributed by atoms with E-state index in [1.807, 2.05) is 17.5 Å². The Balaban J connectivity index is 2.67. The summed E-state index contributed by atoms with van der Waals surface area (Å²) in [5, 5.41) is 2.00. The molecule has 39 valence electrons. The zero-order valence-corrected chi connectivity index (χ0v) is 5.11. The Hall–Kier alpha value is -0.740. The van der Waals surface area contributed by atoms with E-state index in [9.17, 15) is 0 Å². The minimum Gasteiger partial charge on any atom is -0.148 e. The highest BCUT2D eigenvalue weighted by molar-refractivity contribution is 7.10. The maximum Gasteiger partial charge on any atom is 0.0729 e. The van der Waals surface area contributed by atoms with Crippen molar-refractivity contribution in [3.63, 3.8) is 0 Å². The number of hydrogen-bond donors (Lipinski definition) is 0. The van der Waals surface area contributed by atoms with E-state index in [0.29, 0.717) is 0 Å². The second-order valence-electron chi connectivity index (χ2n) is 1.33. The molecular formula is C7H5S. The molecule has 0 unspecified atom stereocenters. The molecule has 0 fully saturated rings. The average molecular weight is 121 g/mol. The van der Waals surface area contributed by atoms with E-state index in [0.717, 1.165) is 4.88 Å². The second-order valence-corrected chi connectivity index (χ2v) is 2.31. The first-order valence-corrected chi connectivity index (χ1v) is 3.14. The van der Waals surface area contributed by atoms with Crippen LogP contribution in [0.3, 0.4) is 0 Å². The standard InChI is InChI=1S/C7H5S/c1-2-4-7-5-3-6-8-7/h1,3-6H. The number of thiophene rings is 1. The highest BCUT2D eigenvalue weighted by Crippen LogP contribution is 2.08. The second kappa shape index (κ2) is 2.54. The normalized spacial score (nSPS) is 8.38. The van der Waals surface area contributed by atoms with Crippen LogP contribution < -0.4 is 0 Å². The molecule has 1 heterocycles. The summed E-state index contributed by atoms with van der Waals surface area (Å²) in [6.45, 7) is 0. The molecule has 1 rings (SSSR count). The van der Waals surface area contributed by atoms with E-state index >= 15 is 0 Å². The van der Waals surface area contributed by atoms with E-state index in [-0.39, 0.29) is 0 Å². The first-order valence-electron chi connectivity index (χ1n) is 2.26. The minimum absolute atomic E-state index is 1.15. The quantitative estimate of drug-likeness (QED) is 0.498. The lowest BCUT2D eigenvalue weighted by molar-refractivity contribution is 1.76. The Labute approximate surface area is 53.2 Å². The molecule has 1 heteroatoms. The number of rotatable bonds is 1. The van der Waals surface area contributed by atoms with Gasteiger partial charge in [0, 0.05) is 4.88 Å². The van der Waals surface area contributed by atoms with Gasteiger partial charge in [-0.25, -0.2) is 0 Å². The Kier molecular flexibility index (Phi) is 1.71.